The van der Waals surface area contributed by atoms with E-state index in [1.807, 2.05) is 18.2 Å². The second-order valence-corrected chi connectivity index (χ2v) is 6.37. The van der Waals surface area contributed by atoms with Gasteiger partial charge in [-0.05, 0) is 31.0 Å². The van der Waals surface area contributed by atoms with Crippen LogP contribution in [-0.4, -0.2) is 28.8 Å². The first-order valence-corrected chi connectivity index (χ1v) is 8.18. The molecule has 0 spiro atoms. The van der Waals surface area contributed by atoms with Gasteiger partial charge in [0.05, 0.1) is 22.3 Å². The number of nitrogens with two attached hydrogens (primary N) is 1. The first-order chi connectivity index (χ1) is 11.2. The minimum atomic E-state index is -0.254. The summed E-state index contributed by atoms with van der Waals surface area (Å²) in [5, 5.41) is 11.5. The Labute approximate surface area is 139 Å². The molecule has 6 nitrogen and oxygen atoms in total. The number of nitrogens with zero attached hydrogens (tertiary/aromatic N) is 2. The molecule has 7 heteroatoms. The molecule has 4 rings (SSSR count). The maximum Gasteiger partial charge on any atom is 0.254 e. The largest absolute Gasteiger partial charge is 0.384 e. The Balaban J connectivity index is 1.76. The number of carbonyl (C=O) groups excluding carboxylic acids is 1. The molecule has 1 unspecified atom stereocenters. The van der Waals surface area contributed by atoms with Crippen LogP contribution in [0.3, 0.4) is 0 Å². The SMILES string of the molecule is Nc1nn(C(=O)C2CCNc3c(Cl)cccc32)c2c1CCNC2. The normalized spacial score (nSPS) is 19.6. The van der Waals surface area contributed by atoms with Crippen molar-refractivity contribution in [1.82, 2.24) is 15.1 Å². The molecule has 1 aromatic carbocycles. The predicted molar refractivity (Wildman–Crippen MR) is 90.0 cm³/mol. The quantitative estimate of drug-likeness (QED) is 0.744. The molecule has 0 aliphatic carbocycles. The van der Waals surface area contributed by atoms with E-state index in [9.17, 15) is 4.79 Å². The summed E-state index contributed by atoms with van der Waals surface area (Å²) in [7, 11) is 0. The topological polar surface area (TPSA) is 85.0 Å². The van der Waals surface area contributed by atoms with Gasteiger partial charge in [-0.3, -0.25) is 4.79 Å². The summed E-state index contributed by atoms with van der Waals surface area (Å²) in [4.78, 5) is 13.1. The number of hydrogen-bond acceptors (Lipinski definition) is 5. The molecule has 0 saturated carbocycles. The average Bonchev–Trinajstić information content (AvgIpc) is 2.92. The molecule has 2 aromatic rings. The standard InChI is InChI=1S/C16H18ClN5O/c17-12-3-1-2-9-10(5-7-20-14(9)12)16(23)22-13-8-19-6-4-11(13)15(18)21-22/h1-3,10,19-20H,4-8H2,(H2,18,21). The van der Waals surface area contributed by atoms with Crippen LogP contribution in [0.25, 0.3) is 0 Å². The number of nitrogen functional groups attached to an aromatic ring is 1. The van der Waals surface area contributed by atoms with Crippen LogP contribution in [0.4, 0.5) is 11.5 Å². The van der Waals surface area contributed by atoms with E-state index in [1.54, 1.807) is 0 Å². The van der Waals surface area contributed by atoms with Gasteiger partial charge in [0.15, 0.2) is 0 Å². The fraction of sp³-hybridized carbons (Fsp3) is 0.375. The molecule has 0 amide bonds. The molecule has 120 valence electrons. The highest BCUT2D eigenvalue weighted by Gasteiger charge is 2.32. The van der Waals surface area contributed by atoms with E-state index in [1.165, 1.54) is 4.68 Å². The van der Waals surface area contributed by atoms with Crippen molar-refractivity contribution < 1.29 is 4.79 Å². The zero-order valence-electron chi connectivity index (χ0n) is 12.6. The van der Waals surface area contributed by atoms with Crippen molar-refractivity contribution in [3.8, 4) is 0 Å². The molecule has 0 bridgehead atoms. The number of carbonyl (C=O) groups is 1. The number of hydrogen-bond donors (Lipinski definition) is 3. The van der Waals surface area contributed by atoms with Crippen LogP contribution in [0.2, 0.25) is 5.02 Å². The van der Waals surface area contributed by atoms with Gasteiger partial charge >= 0.3 is 0 Å². The van der Waals surface area contributed by atoms with E-state index < -0.39 is 0 Å². The van der Waals surface area contributed by atoms with E-state index in [4.69, 9.17) is 17.3 Å². The van der Waals surface area contributed by atoms with E-state index in [-0.39, 0.29) is 11.8 Å². The molecular weight excluding hydrogens is 314 g/mol. The van der Waals surface area contributed by atoms with Gasteiger partial charge < -0.3 is 16.4 Å². The summed E-state index contributed by atoms with van der Waals surface area (Å²) in [6.07, 6.45) is 1.53. The number of nitrogens with one attached hydrogen (secondary N) is 2. The number of anilines is 2. The van der Waals surface area contributed by atoms with E-state index in [0.29, 0.717) is 30.4 Å². The van der Waals surface area contributed by atoms with Crippen LogP contribution in [0.1, 0.15) is 34.0 Å². The fourth-order valence-corrected chi connectivity index (χ4v) is 3.73. The Kier molecular flexibility index (Phi) is 3.50. The zero-order chi connectivity index (χ0) is 16.0. The molecule has 2 aliphatic heterocycles. The first kappa shape index (κ1) is 14.5. The third-order valence-electron chi connectivity index (χ3n) is 4.63. The minimum Gasteiger partial charge on any atom is -0.384 e. The van der Waals surface area contributed by atoms with Crippen molar-refractivity contribution in [2.75, 3.05) is 24.1 Å². The van der Waals surface area contributed by atoms with Crippen molar-refractivity contribution in [2.24, 2.45) is 0 Å². The predicted octanol–water partition coefficient (Wildman–Crippen LogP) is 2.00. The maximum absolute atomic E-state index is 13.1. The van der Waals surface area contributed by atoms with E-state index in [0.717, 1.165) is 35.5 Å². The maximum atomic E-state index is 13.1. The van der Waals surface area contributed by atoms with Gasteiger partial charge in [-0.2, -0.15) is 0 Å². The molecule has 1 aromatic heterocycles. The van der Waals surface area contributed by atoms with E-state index >= 15 is 0 Å². The van der Waals surface area contributed by atoms with Crippen LogP contribution in [-0.2, 0) is 13.0 Å². The number of halogens is 1. The van der Waals surface area contributed by atoms with Crippen molar-refractivity contribution in [1.29, 1.82) is 0 Å². The summed E-state index contributed by atoms with van der Waals surface area (Å²) < 4.78 is 1.50. The summed E-state index contributed by atoms with van der Waals surface area (Å²) >= 11 is 6.25. The van der Waals surface area contributed by atoms with Crippen molar-refractivity contribution in [3.05, 3.63) is 40.0 Å². The molecule has 0 radical (unpaired) electrons. The molecule has 1 atom stereocenters. The number of fused-ring (bicyclic) bond motifs is 2. The second kappa shape index (κ2) is 5.54. The van der Waals surface area contributed by atoms with Crippen LogP contribution < -0.4 is 16.4 Å². The van der Waals surface area contributed by atoms with Gasteiger partial charge in [-0.1, -0.05) is 23.7 Å². The van der Waals surface area contributed by atoms with Gasteiger partial charge in [0.2, 0.25) is 0 Å². The molecular formula is C16H18ClN5O. The number of aromatic nitrogens is 2. The van der Waals surface area contributed by atoms with Gasteiger partial charge in [0.25, 0.3) is 5.91 Å². The molecule has 0 saturated heterocycles. The van der Waals surface area contributed by atoms with Crippen molar-refractivity contribution in [3.63, 3.8) is 0 Å². The fourth-order valence-electron chi connectivity index (χ4n) is 3.48. The molecule has 23 heavy (non-hydrogen) atoms. The van der Waals surface area contributed by atoms with Crippen LogP contribution in [0.5, 0.6) is 0 Å². The lowest BCUT2D eigenvalue weighted by atomic mass is 9.90. The number of rotatable bonds is 1. The Hall–Kier alpha value is -2.05. The third kappa shape index (κ3) is 2.29. The monoisotopic (exact) mass is 331 g/mol. The lowest BCUT2D eigenvalue weighted by Gasteiger charge is -2.27. The van der Waals surface area contributed by atoms with Crippen molar-refractivity contribution >= 4 is 29.0 Å². The smallest absolute Gasteiger partial charge is 0.254 e. The molecule has 3 heterocycles. The molecule has 4 N–H and O–H groups in total. The van der Waals surface area contributed by atoms with Gasteiger partial charge in [0, 0.05) is 18.7 Å². The Bertz CT molecular complexity index is 785. The summed E-state index contributed by atoms with van der Waals surface area (Å²) in [5.41, 5.74) is 9.67. The Morgan fingerprint density at radius 2 is 2.26 bits per heavy atom. The lowest BCUT2D eigenvalue weighted by molar-refractivity contribution is 0.0852. The average molecular weight is 332 g/mol. The summed E-state index contributed by atoms with van der Waals surface area (Å²) in [5.74, 6) is 0.178. The Morgan fingerprint density at radius 1 is 1.39 bits per heavy atom. The minimum absolute atomic E-state index is 0.0355. The first-order valence-electron chi connectivity index (χ1n) is 7.80. The summed E-state index contributed by atoms with van der Waals surface area (Å²) in [6.45, 7) is 2.20. The van der Waals surface area contributed by atoms with E-state index in [2.05, 4.69) is 15.7 Å². The zero-order valence-corrected chi connectivity index (χ0v) is 13.4. The number of para-hydroxylation sites is 1. The highest BCUT2D eigenvalue weighted by atomic mass is 35.5. The highest BCUT2D eigenvalue weighted by molar-refractivity contribution is 6.33. The van der Waals surface area contributed by atoms with Gasteiger partial charge in [0.1, 0.15) is 5.82 Å². The van der Waals surface area contributed by atoms with Gasteiger partial charge in [-0.25, -0.2) is 4.68 Å². The molecule has 0 fully saturated rings. The third-order valence-corrected chi connectivity index (χ3v) is 4.94. The number of benzene rings is 1. The second-order valence-electron chi connectivity index (χ2n) is 5.96. The summed E-state index contributed by atoms with van der Waals surface area (Å²) in [6, 6.07) is 5.66. The van der Waals surface area contributed by atoms with Crippen molar-refractivity contribution in [2.45, 2.75) is 25.3 Å². The molecule has 2 aliphatic rings. The van der Waals surface area contributed by atoms with Crippen LogP contribution in [0, 0.1) is 0 Å². The van der Waals surface area contributed by atoms with Crippen LogP contribution in [0.15, 0.2) is 18.2 Å². The highest BCUT2D eigenvalue weighted by Crippen LogP contribution is 2.37. The van der Waals surface area contributed by atoms with Gasteiger partial charge in [-0.15, -0.1) is 5.10 Å². The lowest BCUT2D eigenvalue weighted by Crippen LogP contribution is -2.31. The van der Waals surface area contributed by atoms with Crippen LogP contribution >= 0.6 is 11.6 Å². The Morgan fingerprint density at radius 3 is 3.13 bits per heavy atom.